The summed E-state index contributed by atoms with van der Waals surface area (Å²) < 4.78 is 0. The van der Waals surface area contributed by atoms with Crippen LogP contribution in [-0.4, -0.2) is 34.8 Å². The fourth-order valence-electron chi connectivity index (χ4n) is 3.94. The summed E-state index contributed by atoms with van der Waals surface area (Å²) in [6.45, 7) is 11.6. The smallest absolute Gasteiger partial charge is 0.275 e. The van der Waals surface area contributed by atoms with Gasteiger partial charge in [0.2, 0.25) is 5.91 Å². The first-order valence-corrected chi connectivity index (χ1v) is 11.9. The van der Waals surface area contributed by atoms with E-state index in [-0.39, 0.29) is 17.2 Å². The molecule has 0 radical (unpaired) electrons. The number of piperidine rings is 1. The Morgan fingerprint density at radius 1 is 1.26 bits per heavy atom. The van der Waals surface area contributed by atoms with Gasteiger partial charge in [0.15, 0.2) is 0 Å². The van der Waals surface area contributed by atoms with Crippen molar-refractivity contribution in [1.82, 2.24) is 9.88 Å². The van der Waals surface area contributed by atoms with E-state index in [1.165, 1.54) is 0 Å². The average Bonchev–Trinajstić information content (AvgIpc) is 3.24. The molecule has 1 fully saturated rings. The minimum atomic E-state index is -0.172. The predicted octanol–water partition coefficient (Wildman–Crippen LogP) is 5.76. The Morgan fingerprint density at radius 2 is 1.97 bits per heavy atom. The Labute approximate surface area is 189 Å². The van der Waals surface area contributed by atoms with Crippen LogP contribution in [0.5, 0.6) is 0 Å². The van der Waals surface area contributed by atoms with Crippen LogP contribution in [0.2, 0.25) is 0 Å². The van der Waals surface area contributed by atoms with Crippen LogP contribution in [0.4, 0.5) is 5.69 Å². The van der Waals surface area contributed by atoms with Gasteiger partial charge in [0.05, 0.1) is 5.01 Å². The molecule has 166 valence electrons. The lowest BCUT2D eigenvalue weighted by molar-refractivity contribution is -0.132. The minimum Gasteiger partial charge on any atom is -0.343 e. The molecule has 1 N–H and O–H groups in total. The fourth-order valence-corrected chi connectivity index (χ4v) is 4.91. The zero-order valence-electron chi connectivity index (χ0n) is 18.8. The maximum Gasteiger partial charge on any atom is 0.275 e. The number of rotatable bonds is 7. The summed E-state index contributed by atoms with van der Waals surface area (Å²) >= 11 is 1.54. The van der Waals surface area contributed by atoms with E-state index in [9.17, 15) is 9.59 Å². The highest BCUT2D eigenvalue weighted by Gasteiger charge is 2.26. The summed E-state index contributed by atoms with van der Waals surface area (Å²) in [6, 6.07) is 7.92. The highest BCUT2D eigenvalue weighted by atomic mass is 32.1. The van der Waals surface area contributed by atoms with E-state index in [4.69, 9.17) is 0 Å². The number of unbranched alkanes of at least 4 members (excludes halogenated alkanes) is 1. The first-order valence-electron chi connectivity index (χ1n) is 11.0. The number of anilines is 1. The van der Waals surface area contributed by atoms with Crippen LogP contribution in [0.15, 0.2) is 42.3 Å². The molecule has 0 bridgehead atoms. The second kappa shape index (κ2) is 10.2. The lowest BCUT2D eigenvalue weighted by Crippen LogP contribution is -2.37. The van der Waals surface area contributed by atoms with Gasteiger partial charge in [-0.1, -0.05) is 45.0 Å². The molecule has 1 aliphatic rings. The van der Waals surface area contributed by atoms with Crippen molar-refractivity contribution in [2.75, 3.05) is 18.4 Å². The van der Waals surface area contributed by atoms with Crippen LogP contribution < -0.4 is 5.32 Å². The van der Waals surface area contributed by atoms with Crippen LogP contribution in [0.3, 0.4) is 0 Å². The number of carbonyl (C=O) groups is 2. The van der Waals surface area contributed by atoms with Gasteiger partial charge in [0.1, 0.15) is 5.69 Å². The molecule has 6 heteroatoms. The van der Waals surface area contributed by atoms with Crippen molar-refractivity contribution in [3.8, 4) is 0 Å². The van der Waals surface area contributed by atoms with Crippen molar-refractivity contribution < 1.29 is 9.59 Å². The molecule has 1 aromatic carbocycles. The maximum absolute atomic E-state index is 12.8. The van der Waals surface area contributed by atoms with Crippen molar-refractivity contribution in [2.24, 2.45) is 0 Å². The molecular formula is C25H33N3O2S. The second-order valence-electron chi connectivity index (χ2n) is 9.16. The van der Waals surface area contributed by atoms with E-state index >= 15 is 0 Å². The number of hydrogen-bond acceptors (Lipinski definition) is 4. The molecule has 1 saturated heterocycles. The largest absolute Gasteiger partial charge is 0.343 e. The number of aromatic nitrogens is 1. The summed E-state index contributed by atoms with van der Waals surface area (Å²) in [6.07, 6.45) is 5.99. The Hall–Kier alpha value is -2.47. The molecule has 0 spiro atoms. The highest BCUT2D eigenvalue weighted by molar-refractivity contribution is 7.10. The Kier molecular flexibility index (Phi) is 7.65. The number of allylic oxidation sites excluding steroid dienone is 1. The summed E-state index contributed by atoms with van der Waals surface area (Å²) in [5.41, 5.74) is 2.34. The number of nitrogens with one attached hydrogen (secondary N) is 1. The van der Waals surface area contributed by atoms with Crippen molar-refractivity contribution >= 4 is 28.8 Å². The molecule has 3 rings (SSSR count). The number of likely N-dealkylation sites (tertiary alicyclic amines) is 1. The van der Waals surface area contributed by atoms with Crippen LogP contribution in [0.25, 0.3) is 0 Å². The summed E-state index contributed by atoms with van der Waals surface area (Å²) in [5.74, 6) is 0.372. The number of hydrogen-bond donors (Lipinski definition) is 1. The van der Waals surface area contributed by atoms with Gasteiger partial charge in [-0.25, -0.2) is 4.98 Å². The molecule has 1 aromatic heterocycles. The third-order valence-corrected chi connectivity index (χ3v) is 6.74. The predicted molar refractivity (Wildman–Crippen MR) is 128 cm³/mol. The van der Waals surface area contributed by atoms with E-state index in [0.29, 0.717) is 18.0 Å². The van der Waals surface area contributed by atoms with Gasteiger partial charge < -0.3 is 10.2 Å². The third kappa shape index (κ3) is 6.03. The molecule has 2 heterocycles. The molecule has 0 aliphatic carbocycles. The summed E-state index contributed by atoms with van der Waals surface area (Å²) in [5, 5.41) is 5.88. The molecule has 2 aromatic rings. The molecule has 5 nitrogen and oxygen atoms in total. The van der Waals surface area contributed by atoms with Crippen LogP contribution in [0, 0.1) is 0 Å². The third-order valence-electron chi connectivity index (χ3n) is 5.73. The van der Waals surface area contributed by atoms with Crippen LogP contribution in [-0.2, 0) is 10.2 Å². The van der Waals surface area contributed by atoms with Gasteiger partial charge in [-0.3, -0.25) is 9.59 Å². The average molecular weight is 440 g/mol. The summed E-state index contributed by atoms with van der Waals surface area (Å²) in [7, 11) is 0. The number of nitrogens with zero attached hydrogens (tertiary/aromatic N) is 2. The van der Waals surface area contributed by atoms with Crippen molar-refractivity contribution in [2.45, 2.75) is 64.2 Å². The fraction of sp³-hybridized carbons (Fsp3) is 0.480. The molecule has 0 unspecified atom stereocenters. The van der Waals surface area contributed by atoms with E-state index in [1.54, 1.807) is 11.3 Å². The van der Waals surface area contributed by atoms with E-state index in [1.807, 2.05) is 34.6 Å². The number of benzene rings is 1. The number of thiazole rings is 1. The second-order valence-corrected chi connectivity index (χ2v) is 10.0. The molecule has 2 amide bonds. The maximum atomic E-state index is 12.8. The van der Waals surface area contributed by atoms with Crippen molar-refractivity contribution in [1.29, 1.82) is 0 Å². The van der Waals surface area contributed by atoms with Crippen molar-refractivity contribution in [3.63, 3.8) is 0 Å². The van der Waals surface area contributed by atoms with Crippen molar-refractivity contribution in [3.05, 3.63) is 58.6 Å². The standard InChI is InChI=1S/C25H33N3O2S/c1-5-6-7-12-22(29)28-15-13-18(14-16-28)24-27-21(17-31-24)23(30)26-20-11-9-8-10-19(20)25(2,3)4/h5,8-11,17-18H,1,6-7,12-16H2,2-4H3,(H,26,30). The lowest BCUT2D eigenvalue weighted by atomic mass is 9.86. The van der Waals surface area contributed by atoms with Gasteiger partial charge in [0.25, 0.3) is 5.91 Å². The van der Waals surface area contributed by atoms with E-state index < -0.39 is 0 Å². The normalized spacial score (nSPS) is 15.0. The monoisotopic (exact) mass is 439 g/mol. The lowest BCUT2D eigenvalue weighted by Gasteiger charge is -2.31. The van der Waals surface area contributed by atoms with Gasteiger partial charge in [-0.05, 0) is 42.7 Å². The number of amides is 2. The summed E-state index contributed by atoms with van der Waals surface area (Å²) in [4.78, 5) is 31.7. The molecule has 0 saturated carbocycles. The molecule has 1 aliphatic heterocycles. The zero-order chi connectivity index (χ0) is 22.4. The Bertz CT molecular complexity index is 921. The van der Waals surface area contributed by atoms with Gasteiger partial charge in [-0.2, -0.15) is 0 Å². The van der Waals surface area contributed by atoms with Gasteiger partial charge >= 0.3 is 0 Å². The molecule has 0 atom stereocenters. The first kappa shape index (κ1) is 23.2. The molecule has 31 heavy (non-hydrogen) atoms. The van der Waals surface area contributed by atoms with Gasteiger partial charge in [-0.15, -0.1) is 17.9 Å². The number of carbonyl (C=O) groups excluding carboxylic acids is 2. The first-order chi connectivity index (χ1) is 14.8. The highest BCUT2D eigenvalue weighted by Crippen LogP contribution is 2.32. The van der Waals surface area contributed by atoms with Crippen LogP contribution in [0.1, 0.15) is 79.9 Å². The van der Waals surface area contributed by atoms with Crippen LogP contribution >= 0.6 is 11.3 Å². The molecular weight excluding hydrogens is 406 g/mol. The SMILES string of the molecule is C=CCCCC(=O)N1CCC(c2nc(C(=O)Nc3ccccc3C(C)(C)C)cs2)CC1. The van der Waals surface area contributed by atoms with E-state index in [0.717, 1.165) is 55.0 Å². The van der Waals surface area contributed by atoms with Gasteiger partial charge in [0, 0.05) is 36.5 Å². The Balaban J connectivity index is 1.58. The quantitative estimate of drug-likeness (QED) is 0.441. The minimum absolute atomic E-state index is 0.0613. The topological polar surface area (TPSA) is 62.3 Å². The Morgan fingerprint density at radius 3 is 2.65 bits per heavy atom. The number of para-hydroxylation sites is 1. The zero-order valence-corrected chi connectivity index (χ0v) is 19.6. The van der Waals surface area contributed by atoms with E-state index in [2.05, 4.69) is 43.7 Å².